The molecule has 1 aromatic rings. The van der Waals surface area contributed by atoms with Gasteiger partial charge in [0.05, 0.1) is 6.67 Å². The van der Waals surface area contributed by atoms with Crippen LogP contribution in [0.4, 0.5) is 5.69 Å². The van der Waals surface area contributed by atoms with Gasteiger partial charge in [0.15, 0.2) is 0 Å². The van der Waals surface area contributed by atoms with Gasteiger partial charge in [0.25, 0.3) is 0 Å². The predicted octanol–water partition coefficient (Wildman–Crippen LogP) is 2.59. The maximum Gasteiger partial charge on any atom is 0.0870 e. The van der Waals surface area contributed by atoms with E-state index in [0.717, 1.165) is 6.67 Å². The monoisotopic (exact) mass is 190 g/mol. The van der Waals surface area contributed by atoms with E-state index < -0.39 is 0 Å². The van der Waals surface area contributed by atoms with Crippen LogP contribution in [-0.4, -0.2) is 13.7 Å². The Kier molecular flexibility index (Phi) is 4.05. The molecular formula is C12H18N2. The van der Waals surface area contributed by atoms with Gasteiger partial charge in [0.1, 0.15) is 0 Å². The quantitative estimate of drug-likeness (QED) is 0.734. The molecule has 0 spiro atoms. The van der Waals surface area contributed by atoms with Gasteiger partial charge in [-0.3, -0.25) is 0 Å². The van der Waals surface area contributed by atoms with Gasteiger partial charge >= 0.3 is 0 Å². The van der Waals surface area contributed by atoms with Crippen LogP contribution in [0.15, 0.2) is 42.1 Å². The van der Waals surface area contributed by atoms with Gasteiger partial charge in [0.2, 0.25) is 0 Å². The first-order valence-corrected chi connectivity index (χ1v) is 4.87. The molecule has 0 heterocycles. The molecule has 1 aromatic carbocycles. The molecule has 0 aliphatic rings. The maximum atomic E-state index is 3.32. The second-order valence-corrected chi connectivity index (χ2v) is 3.34. The number of anilines is 1. The van der Waals surface area contributed by atoms with Crippen LogP contribution in [0.25, 0.3) is 0 Å². The molecule has 0 aliphatic carbocycles. The molecule has 1 rings (SSSR count). The molecule has 0 saturated heterocycles. The molecule has 1 N–H and O–H groups in total. The Morgan fingerprint density at radius 1 is 1.36 bits per heavy atom. The average molecular weight is 190 g/mol. The van der Waals surface area contributed by atoms with Crippen LogP contribution in [0.1, 0.15) is 13.8 Å². The third kappa shape index (κ3) is 3.13. The van der Waals surface area contributed by atoms with Crippen molar-refractivity contribution in [1.29, 1.82) is 0 Å². The van der Waals surface area contributed by atoms with E-state index >= 15 is 0 Å². The summed E-state index contributed by atoms with van der Waals surface area (Å²) >= 11 is 0. The molecule has 0 amide bonds. The second-order valence-electron chi connectivity index (χ2n) is 3.34. The van der Waals surface area contributed by atoms with Crippen molar-refractivity contribution in [2.24, 2.45) is 0 Å². The Hall–Kier alpha value is -1.44. The van der Waals surface area contributed by atoms with Crippen molar-refractivity contribution in [2.75, 3.05) is 18.6 Å². The van der Waals surface area contributed by atoms with Crippen LogP contribution in [-0.2, 0) is 0 Å². The smallest absolute Gasteiger partial charge is 0.0870 e. The summed E-state index contributed by atoms with van der Waals surface area (Å²) in [5.41, 5.74) is 2.43. The van der Waals surface area contributed by atoms with E-state index in [1.807, 2.05) is 25.1 Å². The van der Waals surface area contributed by atoms with Crippen molar-refractivity contribution in [3.8, 4) is 0 Å². The standard InChI is InChI=1S/C12H18N2/c1-4-11(2)13-10-14(3)12-8-6-5-7-9-12/h4-9,13H,10H2,1-3H3/b11-4-. The number of nitrogens with zero attached hydrogens (tertiary/aromatic N) is 1. The minimum absolute atomic E-state index is 0.834. The Morgan fingerprint density at radius 2 is 2.00 bits per heavy atom. The molecule has 76 valence electrons. The highest BCUT2D eigenvalue weighted by Gasteiger charge is 1.97. The van der Waals surface area contributed by atoms with E-state index in [1.54, 1.807) is 0 Å². The third-order valence-electron chi connectivity index (χ3n) is 2.23. The number of rotatable bonds is 4. The van der Waals surface area contributed by atoms with Crippen molar-refractivity contribution in [3.05, 3.63) is 42.1 Å². The fraction of sp³-hybridized carbons (Fsp3) is 0.333. The Labute approximate surface area is 86.2 Å². The van der Waals surface area contributed by atoms with E-state index in [9.17, 15) is 0 Å². The summed E-state index contributed by atoms with van der Waals surface area (Å²) in [6.07, 6.45) is 2.07. The zero-order chi connectivity index (χ0) is 10.4. The van der Waals surface area contributed by atoms with Crippen LogP contribution in [0.3, 0.4) is 0 Å². The summed E-state index contributed by atoms with van der Waals surface area (Å²) in [6.45, 7) is 4.93. The summed E-state index contributed by atoms with van der Waals surface area (Å²) in [5.74, 6) is 0. The lowest BCUT2D eigenvalue weighted by Gasteiger charge is -2.20. The van der Waals surface area contributed by atoms with Crippen molar-refractivity contribution >= 4 is 5.69 Å². The highest BCUT2D eigenvalue weighted by molar-refractivity contribution is 5.44. The molecule has 0 fully saturated rings. The van der Waals surface area contributed by atoms with Crippen molar-refractivity contribution < 1.29 is 0 Å². The van der Waals surface area contributed by atoms with Crippen molar-refractivity contribution in [1.82, 2.24) is 5.32 Å². The van der Waals surface area contributed by atoms with Gasteiger partial charge in [-0.25, -0.2) is 0 Å². The zero-order valence-electron chi connectivity index (χ0n) is 9.12. The fourth-order valence-electron chi connectivity index (χ4n) is 1.12. The minimum Gasteiger partial charge on any atom is -0.372 e. The second kappa shape index (κ2) is 5.32. The van der Waals surface area contributed by atoms with Crippen LogP contribution in [0, 0.1) is 0 Å². The van der Waals surface area contributed by atoms with Gasteiger partial charge in [-0.1, -0.05) is 24.3 Å². The lowest BCUT2D eigenvalue weighted by Crippen LogP contribution is -2.29. The first-order valence-electron chi connectivity index (χ1n) is 4.87. The number of hydrogen-bond donors (Lipinski definition) is 1. The lowest BCUT2D eigenvalue weighted by molar-refractivity contribution is 0.772. The molecule has 0 aromatic heterocycles. The average Bonchev–Trinajstić information content (AvgIpc) is 2.26. The number of nitrogens with one attached hydrogen (secondary N) is 1. The highest BCUT2D eigenvalue weighted by atomic mass is 15.2. The Balaban J connectivity index is 2.47. The summed E-state index contributed by atoms with van der Waals surface area (Å²) in [4.78, 5) is 2.17. The SMILES string of the molecule is C/C=C(/C)NCN(C)c1ccccc1. The van der Waals surface area contributed by atoms with Crippen molar-refractivity contribution in [2.45, 2.75) is 13.8 Å². The van der Waals surface area contributed by atoms with Gasteiger partial charge in [0, 0.05) is 18.4 Å². The fourth-order valence-corrected chi connectivity index (χ4v) is 1.12. The molecule has 14 heavy (non-hydrogen) atoms. The molecule has 0 atom stereocenters. The highest BCUT2D eigenvalue weighted by Crippen LogP contribution is 2.09. The zero-order valence-corrected chi connectivity index (χ0v) is 9.12. The van der Waals surface area contributed by atoms with Gasteiger partial charge in [-0.2, -0.15) is 0 Å². The Morgan fingerprint density at radius 3 is 2.57 bits per heavy atom. The normalized spacial score (nSPS) is 11.2. The van der Waals surface area contributed by atoms with Crippen LogP contribution in [0.5, 0.6) is 0 Å². The number of benzene rings is 1. The molecule has 2 nitrogen and oxygen atoms in total. The van der Waals surface area contributed by atoms with Gasteiger partial charge in [-0.15, -0.1) is 0 Å². The van der Waals surface area contributed by atoms with E-state index in [4.69, 9.17) is 0 Å². The van der Waals surface area contributed by atoms with Crippen LogP contribution < -0.4 is 10.2 Å². The van der Waals surface area contributed by atoms with Crippen LogP contribution in [0.2, 0.25) is 0 Å². The predicted molar refractivity (Wildman–Crippen MR) is 62.3 cm³/mol. The van der Waals surface area contributed by atoms with Gasteiger partial charge < -0.3 is 10.2 Å². The van der Waals surface area contributed by atoms with E-state index in [0.29, 0.717) is 0 Å². The minimum atomic E-state index is 0.834. The first-order chi connectivity index (χ1) is 6.74. The van der Waals surface area contributed by atoms with E-state index in [2.05, 4.69) is 42.4 Å². The number of allylic oxidation sites excluding steroid dienone is 2. The Bertz CT molecular complexity index is 290. The largest absolute Gasteiger partial charge is 0.372 e. The molecule has 0 aliphatic heterocycles. The lowest BCUT2D eigenvalue weighted by atomic mass is 10.3. The third-order valence-corrected chi connectivity index (χ3v) is 2.23. The molecule has 0 radical (unpaired) electrons. The summed E-state index contributed by atoms with van der Waals surface area (Å²) in [7, 11) is 2.07. The molecular weight excluding hydrogens is 172 g/mol. The molecule has 2 heteroatoms. The van der Waals surface area contributed by atoms with Crippen LogP contribution >= 0.6 is 0 Å². The maximum absolute atomic E-state index is 3.32. The summed E-state index contributed by atoms with van der Waals surface area (Å²) in [5, 5.41) is 3.32. The van der Waals surface area contributed by atoms with Gasteiger partial charge in [-0.05, 0) is 26.0 Å². The van der Waals surface area contributed by atoms with E-state index in [1.165, 1.54) is 11.4 Å². The van der Waals surface area contributed by atoms with Crippen molar-refractivity contribution in [3.63, 3.8) is 0 Å². The number of hydrogen-bond acceptors (Lipinski definition) is 2. The molecule has 0 unspecified atom stereocenters. The van der Waals surface area contributed by atoms with E-state index in [-0.39, 0.29) is 0 Å². The molecule has 0 saturated carbocycles. The first kappa shape index (κ1) is 10.6. The molecule has 0 bridgehead atoms. The summed E-state index contributed by atoms with van der Waals surface area (Å²) in [6, 6.07) is 10.3. The summed E-state index contributed by atoms with van der Waals surface area (Å²) < 4.78 is 0. The topological polar surface area (TPSA) is 15.3 Å². The number of para-hydroxylation sites is 1.